The second-order valence-electron chi connectivity index (χ2n) is 7.48. The number of imidazole rings is 1. The quantitative estimate of drug-likeness (QED) is 0.570. The number of nitrogens with zero attached hydrogens (tertiary/aromatic N) is 2. The Balaban J connectivity index is 1.67. The summed E-state index contributed by atoms with van der Waals surface area (Å²) in [6.07, 6.45) is 5.94. The first-order valence-corrected chi connectivity index (χ1v) is 10.7. The highest BCUT2D eigenvalue weighted by Gasteiger charge is 2.30. The van der Waals surface area contributed by atoms with Crippen molar-refractivity contribution in [2.75, 3.05) is 0 Å². The van der Waals surface area contributed by atoms with Crippen molar-refractivity contribution in [2.24, 2.45) is 0 Å². The van der Waals surface area contributed by atoms with E-state index in [-0.39, 0.29) is 11.2 Å². The van der Waals surface area contributed by atoms with Crippen LogP contribution in [-0.2, 0) is 4.79 Å². The largest absolute Gasteiger partial charge is 0.352 e. The van der Waals surface area contributed by atoms with E-state index in [1.165, 1.54) is 17.3 Å². The minimum absolute atomic E-state index is 0.0606. The second kappa shape index (κ2) is 8.23. The van der Waals surface area contributed by atoms with Crippen LogP contribution in [0.3, 0.4) is 0 Å². The second-order valence-corrected chi connectivity index (χ2v) is 8.56. The Bertz CT molecular complexity index is 947. The average molecular weight is 392 g/mol. The Morgan fingerprint density at radius 3 is 2.54 bits per heavy atom. The number of carbonyl (C=O) groups excluding carboxylic acids is 1. The first-order chi connectivity index (χ1) is 13.6. The molecule has 5 heteroatoms. The smallest absolute Gasteiger partial charge is 0.238 e. The molecule has 4 rings (SSSR count). The van der Waals surface area contributed by atoms with Crippen molar-refractivity contribution in [3.63, 3.8) is 0 Å². The van der Waals surface area contributed by atoms with E-state index in [4.69, 9.17) is 0 Å². The first-order valence-electron chi connectivity index (χ1n) is 9.78. The van der Waals surface area contributed by atoms with Crippen LogP contribution in [0, 0.1) is 0 Å². The number of aromatic nitrogens is 2. The molecule has 0 saturated heterocycles. The summed E-state index contributed by atoms with van der Waals surface area (Å²) < 4.78 is 2.10. The van der Waals surface area contributed by atoms with Crippen LogP contribution >= 0.6 is 11.8 Å². The van der Waals surface area contributed by atoms with Crippen LogP contribution in [0.2, 0.25) is 0 Å². The third-order valence-electron chi connectivity index (χ3n) is 4.91. The molecule has 1 aliphatic rings. The summed E-state index contributed by atoms with van der Waals surface area (Å²) >= 11 is 1.51. The maximum Gasteiger partial charge on any atom is 0.238 e. The van der Waals surface area contributed by atoms with Crippen molar-refractivity contribution >= 4 is 17.7 Å². The Hall–Kier alpha value is -2.53. The van der Waals surface area contributed by atoms with Crippen LogP contribution in [0.15, 0.2) is 72.1 Å². The normalized spacial score (nSPS) is 14.8. The number of para-hydroxylation sites is 1. The van der Waals surface area contributed by atoms with E-state index >= 15 is 0 Å². The third-order valence-corrected chi connectivity index (χ3v) is 6.15. The number of nitrogens with one attached hydrogen (secondary N) is 1. The highest BCUT2D eigenvalue weighted by Crippen LogP contribution is 2.37. The molecule has 28 heavy (non-hydrogen) atoms. The molecular weight excluding hydrogens is 366 g/mol. The van der Waals surface area contributed by atoms with Gasteiger partial charge in [0, 0.05) is 18.4 Å². The Labute approximate surface area is 170 Å². The van der Waals surface area contributed by atoms with Crippen LogP contribution in [0.4, 0.5) is 0 Å². The SMILES string of the molecule is CC(C)c1ccccc1-n1ccnc1SC(C(=O)NC1CC1)c1ccccc1. The number of amides is 1. The molecule has 1 aliphatic carbocycles. The highest BCUT2D eigenvalue weighted by molar-refractivity contribution is 8.00. The predicted molar refractivity (Wildman–Crippen MR) is 114 cm³/mol. The summed E-state index contributed by atoms with van der Waals surface area (Å²) in [5.41, 5.74) is 3.38. The zero-order valence-corrected chi connectivity index (χ0v) is 17.0. The topological polar surface area (TPSA) is 46.9 Å². The standard InChI is InChI=1S/C23H25N3OS/c1-16(2)19-10-6-7-11-20(19)26-15-14-24-23(26)28-21(17-8-4-3-5-9-17)22(27)25-18-12-13-18/h3-11,14-16,18,21H,12-13H2,1-2H3,(H,25,27). The van der Waals surface area contributed by atoms with Crippen LogP contribution < -0.4 is 5.32 Å². The van der Waals surface area contributed by atoms with Gasteiger partial charge in [-0.1, -0.05) is 74.1 Å². The van der Waals surface area contributed by atoms with Gasteiger partial charge in [-0.25, -0.2) is 4.98 Å². The summed E-state index contributed by atoms with van der Waals surface area (Å²) in [6, 6.07) is 18.7. The van der Waals surface area contributed by atoms with E-state index in [1.54, 1.807) is 6.20 Å². The number of carbonyl (C=O) groups is 1. The molecule has 1 N–H and O–H groups in total. The van der Waals surface area contributed by atoms with Crippen LogP contribution in [0.1, 0.15) is 49.0 Å². The highest BCUT2D eigenvalue weighted by atomic mass is 32.2. The van der Waals surface area contributed by atoms with Crippen LogP contribution in [0.25, 0.3) is 5.69 Å². The number of thioether (sulfide) groups is 1. The van der Waals surface area contributed by atoms with Gasteiger partial charge in [0.2, 0.25) is 5.91 Å². The van der Waals surface area contributed by atoms with Crippen molar-refractivity contribution in [1.29, 1.82) is 0 Å². The van der Waals surface area contributed by atoms with Gasteiger partial charge in [-0.3, -0.25) is 9.36 Å². The maximum absolute atomic E-state index is 13.0. The molecule has 0 radical (unpaired) electrons. The molecule has 4 nitrogen and oxygen atoms in total. The van der Waals surface area contributed by atoms with Crippen LogP contribution in [-0.4, -0.2) is 21.5 Å². The van der Waals surface area contributed by atoms with Crippen molar-refractivity contribution in [3.05, 3.63) is 78.1 Å². The molecule has 0 bridgehead atoms. The summed E-state index contributed by atoms with van der Waals surface area (Å²) in [4.78, 5) is 17.6. The number of rotatable bonds is 7. The third kappa shape index (κ3) is 4.14. The van der Waals surface area contributed by atoms with E-state index in [1.807, 2.05) is 42.6 Å². The Morgan fingerprint density at radius 2 is 1.82 bits per heavy atom. The predicted octanol–water partition coefficient (Wildman–Crippen LogP) is 5.11. The molecule has 2 aromatic carbocycles. The van der Waals surface area contributed by atoms with Crippen molar-refractivity contribution in [2.45, 2.75) is 49.1 Å². The van der Waals surface area contributed by atoms with Crippen molar-refractivity contribution in [1.82, 2.24) is 14.9 Å². The molecule has 0 spiro atoms. The molecule has 0 aliphatic heterocycles. The molecule has 1 atom stereocenters. The van der Waals surface area contributed by atoms with Gasteiger partial charge in [-0.05, 0) is 36.0 Å². The van der Waals surface area contributed by atoms with E-state index in [0.29, 0.717) is 12.0 Å². The first kappa shape index (κ1) is 18.8. The molecule has 1 aromatic heterocycles. The van der Waals surface area contributed by atoms with Gasteiger partial charge in [0.05, 0.1) is 5.69 Å². The fraction of sp³-hybridized carbons (Fsp3) is 0.304. The molecule has 1 heterocycles. The number of benzene rings is 2. The summed E-state index contributed by atoms with van der Waals surface area (Å²) in [5, 5.41) is 3.66. The minimum atomic E-state index is -0.325. The zero-order chi connectivity index (χ0) is 19.5. The summed E-state index contributed by atoms with van der Waals surface area (Å²) in [6.45, 7) is 4.39. The molecule has 1 saturated carbocycles. The molecule has 3 aromatic rings. The van der Waals surface area contributed by atoms with Gasteiger partial charge in [-0.15, -0.1) is 0 Å². The monoisotopic (exact) mass is 391 g/mol. The summed E-state index contributed by atoms with van der Waals surface area (Å²) in [5.74, 6) is 0.463. The molecule has 1 unspecified atom stereocenters. The van der Waals surface area contributed by atoms with Gasteiger partial charge in [0.15, 0.2) is 5.16 Å². The maximum atomic E-state index is 13.0. The summed E-state index contributed by atoms with van der Waals surface area (Å²) in [7, 11) is 0. The molecular formula is C23H25N3OS. The van der Waals surface area contributed by atoms with Crippen molar-refractivity contribution in [3.8, 4) is 5.69 Å². The Morgan fingerprint density at radius 1 is 1.11 bits per heavy atom. The molecule has 1 fully saturated rings. The molecule has 144 valence electrons. The van der Waals surface area contributed by atoms with Crippen LogP contribution in [0.5, 0.6) is 0 Å². The van der Waals surface area contributed by atoms with E-state index in [9.17, 15) is 4.79 Å². The fourth-order valence-electron chi connectivity index (χ4n) is 3.27. The van der Waals surface area contributed by atoms with Gasteiger partial charge in [0.25, 0.3) is 0 Å². The van der Waals surface area contributed by atoms with Gasteiger partial charge < -0.3 is 5.32 Å². The average Bonchev–Trinajstić information content (AvgIpc) is 3.40. The van der Waals surface area contributed by atoms with Crippen molar-refractivity contribution < 1.29 is 4.79 Å². The Kier molecular flexibility index (Phi) is 5.53. The number of hydrogen-bond acceptors (Lipinski definition) is 3. The minimum Gasteiger partial charge on any atom is -0.352 e. The lowest BCUT2D eigenvalue weighted by atomic mass is 10.0. The lowest BCUT2D eigenvalue weighted by Crippen LogP contribution is -2.29. The van der Waals surface area contributed by atoms with Gasteiger partial charge in [-0.2, -0.15) is 0 Å². The lowest BCUT2D eigenvalue weighted by molar-refractivity contribution is -0.120. The van der Waals surface area contributed by atoms with Gasteiger partial charge in [0.1, 0.15) is 5.25 Å². The zero-order valence-electron chi connectivity index (χ0n) is 16.2. The molecule has 1 amide bonds. The van der Waals surface area contributed by atoms with E-state index in [2.05, 4.69) is 46.9 Å². The fourth-order valence-corrected chi connectivity index (χ4v) is 4.34. The van der Waals surface area contributed by atoms with E-state index in [0.717, 1.165) is 29.2 Å². The lowest BCUT2D eigenvalue weighted by Gasteiger charge is -2.19. The van der Waals surface area contributed by atoms with E-state index < -0.39 is 0 Å². The number of hydrogen-bond donors (Lipinski definition) is 1. The van der Waals surface area contributed by atoms with Gasteiger partial charge >= 0.3 is 0 Å².